The van der Waals surface area contributed by atoms with E-state index in [-0.39, 0.29) is 5.41 Å². The monoisotopic (exact) mass is 419 g/mol. The lowest BCUT2D eigenvalue weighted by atomic mass is 9.83. The normalized spacial score (nSPS) is 18.3. The van der Waals surface area contributed by atoms with E-state index >= 15 is 0 Å². The van der Waals surface area contributed by atoms with Crippen LogP contribution in [0.1, 0.15) is 26.5 Å². The summed E-state index contributed by atoms with van der Waals surface area (Å²) in [5.74, 6) is 1.41. The first-order valence-electron chi connectivity index (χ1n) is 7.05. The van der Waals surface area contributed by atoms with Gasteiger partial charge in [0.25, 0.3) is 0 Å². The SMILES string of the molecule is C=C(I)/C=C1/C(C(C)(C)C)=CN(c2cc(C#N)ncn2)C1=NC. The van der Waals surface area contributed by atoms with Gasteiger partial charge in [0, 0.05) is 28.5 Å². The predicted molar refractivity (Wildman–Crippen MR) is 101 cm³/mol. The van der Waals surface area contributed by atoms with Crippen LogP contribution in [0.2, 0.25) is 0 Å². The number of halogens is 1. The van der Waals surface area contributed by atoms with Crippen molar-refractivity contribution in [2.45, 2.75) is 20.8 Å². The summed E-state index contributed by atoms with van der Waals surface area (Å²) in [6.45, 7) is 10.4. The summed E-state index contributed by atoms with van der Waals surface area (Å²) in [5.41, 5.74) is 2.43. The van der Waals surface area contributed by atoms with E-state index in [0.717, 1.165) is 20.6 Å². The van der Waals surface area contributed by atoms with Crippen LogP contribution in [-0.2, 0) is 0 Å². The maximum Gasteiger partial charge on any atom is 0.146 e. The Hall–Kier alpha value is -2.01. The molecule has 2 heterocycles. The highest BCUT2D eigenvalue weighted by molar-refractivity contribution is 14.1. The molecule has 1 aromatic rings. The number of aromatic nitrogens is 2. The number of allylic oxidation sites excluding steroid dienone is 2. The molecule has 1 aliphatic heterocycles. The second-order valence-corrected chi connectivity index (χ2v) is 7.47. The molecule has 0 saturated heterocycles. The first-order valence-corrected chi connectivity index (χ1v) is 8.13. The van der Waals surface area contributed by atoms with Gasteiger partial charge in [-0.2, -0.15) is 5.26 Å². The first-order chi connectivity index (χ1) is 10.8. The van der Waals surface area contributed by atoms with Gasteiger partial charge in [-0.05, 0) is 39.7 Å². The molecule has 0 fully saturated rings. The van der Waals surface area contributed by atoms with Crippen LogP contribution in [0.4, 0.5) is 5.82 Å². The fraction of sp³-hybridized carbons (Fsp3) is 0.294. The van der Waals surface area contributed by atoms with Gasteiger partial charge in [-0.25, -0.2) is 9.97 Å². The third-order valence-corrected chi connectivity index (χ3v) is 3.66. The van der Waals surface area contributed by atoms with Crippen molar-refractivity contribution in [3.05, 3.63) is 51.7 Å². The summed E-state index contributed by atoms with van der Waals surface area (Å²) >= 11 is 2.19. The van der Waals surface area contributed by atoms with Crippen molar-refractivity contribution in [3.63, 3.8) is 0 Å². The fourth-order valence-corrected chi connectivity index (χ4v) is 2.66. The fourth-order valence-electron chi connectivity index (χ4n) is 2.35. The van der Waals surface area contributed by atoms with E-state index in [9.17, 15) is 0 Å². The average Bonchev–Trinajstić information content (AvgIpc) is 2.85. The van der Waals surface area contributed by atoms with Crippen molar-refractivity contribution < 1.29 is 0 Å². The molecule has 0 unspecified atom stereocenters. The van der Waals surface area contributed by atoms with Crippen molar-refractivity contribution in [3.8, 4) is 6.07 Å². The van der Waals surface area contributed by atoms with E-state index in [1.807, 2.05) is 23.2 Å². The van der Waals surface area contributed by atoms with Crippen molar-refractivity contribution in [2.24, 2.45) is 10.4 Å². The highest BCUT2D eigenvalue weighted by Crippen LogP contribution is 2.39. The van der Waals surface area contributed by atoms with Crippen LogP contribution >= 0.6 is 22.6 Å². The van der Waals surface area contributed by atoms with Gasteiger partial charge < -0.3 is 0 Å². The number of nitriles is 1. The van der Waals surface area contributed by atoms with E-state index in [1.54, 1.807) is 13.1 Å². The van der Waals surface area contributed by atoms with E-state index in [2.05, 4.69) is 64.9 Å². The van der Waals surface area contributed by atoms with Crippen molar-refractivity contribution in [1.82, 2.24) is 9.97 Å². The molecule has 2 rings (SSSR count). The number of hydrogen-bond donors (Lipinski definition) is 0. The zero-order valence-corrected chi connectivity index (χ0v) is 15.8. The zero-order valence-electron chi connectivity index (χ0n) is 13.6. The number of aliphatic imine (C=N–C) groups is 1. The molecule has 23 heavy (non-hydrogen) atoms. The number of nitrogens with zero attached hydrogens (tertiary/aromatic N) is 5. The van der Waals surface area contributed by atoms with E-state index in [1.165, 1.54) is 6.33 Å². The lowest BCUT2D eigenvalue weighted by molar-refractivity contribution is 0.515. The van der Waals surface area contributed by atoms with E-state index in [4.69, 9.17) is 5.26 Å². The summed E-state index contributed by atoms with van der Waals surface area (Å²) in [5, 5.41) is 9.05. The molecule has 118 valence electrons. The first kappa shape index (κ1) is 17.3. The Morgan fingerprint density at radius 1 is 1.43 bits per heavy atom. The molecule has 0 atom stereocenters. The summed E-state index contributed by atoms with van der Waals surface area (Å²) in [6.07, 6.45) is 5.44. The molecule has 0 aromatic carbocycles. The Kier molecular flexibility index (Phi) is 5.00. The molecule has 0 aliphatic carbocycles. The lowest BCUT2D eigenvalue weighted by Crippen LogP contribution is -2.23. The Morgan fingerprint density at radius 2 is 2.13 bits per heavy atom. The summed E-state index contributed by atoms with van der Waals surface area (Å²) in [6, 6.07) is 3.70. The van der Waals surface area contributed by atoms with Crippen molar-refractivity contribution >= 4 is 34.2 Å². The van der Waals surface area contributed by atoms with Gasteiger partial charge in [-0.15, -0.1) is 0 Å². The van der Waals surface area contributed by atoms with Crippen molar-refractivity contribution in [1.29, 1.82) is 5.26 Å². The number of anilines is 1. The molecule has 0 spiro atoms. The molecule has 6 heteroatoms. The zero-order chi connectivity index (χ0) is 17.2. The second-order valence-electron chi connectivity index (χ2n) is 6.09. The van der Waals surface area contributed by atoms with Gasteiger partial charge in [0.05, 0.1) is 0 Å². The third kappa shape index (κ3) is 3.67. The summed E-state index contributed by atoms with van der Waals surface area (Å²) in [4.78, 5) is 14.5. The van der Waals surface area contributed by atoms with Crippen LogP contribution in [0.3, 0.4) is 0 Å². The van der Waals surface area contributed by atoms with Gasteiger partial charge in [0.2, 0.25) is 0 Å². The lowest BCUT2D eigenvalue weighted by Gasteiger charge is -2.21. The third-order valence-electron chi connectivity index (χ3n) is 3.35. The molecule has 1 aromatic heterocycles. The maximum absolute atomic E-state index is 9.05. The topological polar surface area (TPSA) is 65.2 Å². The molecule has 0 saturated carbocycles. The molecule has 0 N–H and O–H groups in total. The van der Waals surface area contributed by atoms with Crippen molar-refractivity contribution in [2.75, 3.05) is 11.9 Å². The maximum atomic E-state index is 9.05. The summed E-state index contributed by atoms with van der Waals surface area (Å²) < 4.78 is 0.927. The Morgan fingerprint density at radius 3 is 2.65 bits per heavy atom. The van der Waals surface area contributed by atoms with Crippen LogP contribution in [0.25, 0.3) is 0 Å². The smallest absolute Gasteiger partial charge is 0.146 e. The van der Waals surface area contributed by atoms with Gasteiger partial charge in [-0.3, -0.25) is 9.89 Å². The van der Waals surface area contributed by atoms with Crippen LogP contribution in [0, 0.1) is 16.7 Å². The second kappa shape index (κ2) is 6.62. The Balaban J connectivity index is 2.63. The average molecular weight is 419 g/mol. The van der Waals surface area contributed by atoms with Gasteiger partial charge in [-0.1, -0.05) is 27.4 Å². The van der Waals surface area contributed by atoms with Crippen LogP contribution < -0.4 is 4.90 Å². The van der Waals surface area contributed by atoms with Crippen LogP contribution in [-0.4, -0.2) is 22.9 Å². The molecular formula is C17H18IN5. The Labute approximate surface area is 150 Å². The number of hydrogen-bond acceptors (Lipinski definition) is 4. The number of rotatable bonds is 2. The van der Waals surface area contributed by atoms with E-state index < -0.39 is 0 Å². The van der Waals surface area contributed by atoms with Gasteiger partial charge in [0.1, 0.15) is 29.7 Å². The Bertz CT molecular complexity index is 775. The number of amidine groups is 1. The van der Waals surface area contributed by atoms with Gasteiger partial charge in [0.15, 0.2) is 0 Å². The minimum absolute atomic E-state index is 0.0618. The molecule has 0 amide bonds. The quantitative estimate of drug-likeness (QED) is 0.680. The molecule has 0 radical (unpaired) electrons. The van der Waals surface area contributed by atoms with Crippen LogP contribution in [0.15, 0.2) is 51.0 Å². The summed E-state index contributed by atoms with van der Waals surface area (Å²) in [7, 11) is 1.75. The molecule has 5 nitrogen and oxygen atoms in total. The molecular weight excluding hydrogens is 401 g/mol. The van der Waals surface area contributed by atoms with Crippen LogP contribution in [0.5, 0.6) is 0 Å². The highest BCUT2D eigenvalue weighted by atomic mass is 127. The minimum Gasteiger partial charge on any atom is -0.285 e. The standard InChI is InChI=1S/C17H18IN5/c1-11(18)6-13-14(17(2,3)4)9-23(16(13)20-5)15-7-12(8-19)21-10-22-15/h6-7,9-10H,1H2,2-5H3/b13-6-,20-16?. The molecule has 1 aliphatic rings. The minimum atomic E-state index is -0.0618. The van der Waals surface area contributed by atoms with Gasteiger partial charge >= 0.3 is 0 Å². The largest absolute Gasteiger partial charge is 0.285 e. The molecule has 0 bridgehead atoms. The predicted octanol–water partition coefficient (Wildman–Crippen LogP) is 4.00. The highest BCUT2D eigenvalue weighted by Gasteiger charge is 2.33. The van der Waals surface area contributed by atoms with E-state index in [0.29, 0.717) is 11.5 Å².